The highest BCUT2D eigenvalue weighted by Gasteiger charge is 2.22. The van der Waals surface area contributed by atoms with Crippen LogP contribution in [0.4, 0.5) is 0 Å². The highest BCUT2D eigenvalue weighted by Crippen LogP contribution is 2.33. The Balaban J connectivity index is 1.83. The summed E-state index contributed by atoms with van der Waals surface area (Å²) in [6, 6.07) is 11.7. The van der Waals surface area contributed by atoms with Crippen molar-refractivity contribution in [2.24, 2.45) is 0 Å². The molecule has 19 heavy (non-hydrogen) atoms. The number of hydrogen-bond donors (Lipinski definition) is 1. The van der Waals surface area contributed by atoms with Gasteiger partial charge >= 0.3 is 0 Å². The Morgan fingerprint density at radius 1 is 1.26 bits per heavy atom. The molecule has 1 saturated carbocycles. The minimum atomic E-state index is 0.702. The molecule has 0 radical (unpaired) electrons. The summed E-state index contributed by atoms with van der Waals surface area (Å²) in [5.74, 6) is 0.711. The van der Waals surface area contributed by atoms with Crippen molar-refractivity contribution in [3.05, 3.63) is 42.1 Å². The van der Waals surface area contributed by atoms with Crippen LogP contribution in [0.5, 0.6) is 0 Å². The average Bonchev–Trinajstić information content (AvgIpc) is 2.47. The van der Waals surface area contributed by atoms with Gasteiger partial charge in [-0.05, 0) is 55.5 Å². The molecule has 2 aromatic rings. The number of nitrogens with zero attached hydrogens (tertiary/aromatic N) is 1. The molecule has 1 aliphatic rings. The van der Waals surface area contributed by atoms with E-state index in [0.717, 1.165) is 12.1 Å². The van der Waals surface area contributed by atoms with Crippen molar-refractivity contribution in [1.29, 1.82) is 0 Å². The fraction of sp³-hybridized carbons (Fsp3) is 0.471. The highest BCUT2D eigenvalue weighted by atomic mass is 14.9. The van der Waals surface area contributed by atoms with Gasteiger partial charge in [-0.2, -0.15) is 0 Å². The molecule has 2 nitrogen and oxygen atoms in total. The third-order valence-electron chi connectivity index (χ3n) is 4.27. The van der Waals surface area contributed by atoms with E-state index in [1.54, 1.807) is 0 Å². The molecule has 0 aliphatic heterocycles. The summed E-state index contributed by atoms with van der Waals surface area (Å²) in [6.07, 6.45) is 7.14. The normalized spacial score (nSPS) is 23.6. The minimum Gasteiger partial charge on any atom is -0.314 e. The first-order valence-electron chi connectivity index (χ1n) is 7.45. The molecule has 1 aliphatic carbocycles. The van der Waals surface area contributed by atoms with E-state index in [0.29, 0.717) is 12.0 Å². The summed E-state index contributed by atoms with van der Waals surface area (Å²) >= 11 is 0. The van der Waals surface area contributed by atoms with Gasteiger partial charge in [0.1, 0.15) is 0 Å². The summed E-state index contributed by atoms with van der Waals surface area (Å²) in [6.45, 7) is 3.28. The number of pyridine rings is 1. The summed E-state index contributed by atoms with van der Waals surface area (Å²) in [7, 11) is 0. The Kier molecular flexibility index (Phi) is 3.79. The van der Waals surface area contributed by atoms with Crippen LogP contribution in [0.1, 0.15) is 44.1 Å². The molecular weight excluding hydrogens is 232 g/mol. The molecular formula is C17H22N2. The fourth-order valence-corrected chi connectivity index (χ4v) is 3.31. The second kappa shape index (κ2) is 5.70. The van der Waals surface area contributed by atoms with E-state index in [2.05, 4.69) is 41.5 Å². The zero-order valence-corrected chi connectivity index (χ0v) is 11.6. The number of rotatable bonds is 3. The average molecular weight is 254 g/mol. The predicted octanol–water partition coefficient (Wildman–Crippen LogP) is 3.87. The molecule has 0 amide bonds. The van der Waals surface area contributed by atoms with Crippen molar-refractivity contribution in [3.63, 3.8) is 0 Å². The van der Waals surface area contributed by atoms with Crippen LogP contribution in [0.25, 0.3) is 10.9 Å². The lowest BCUT2D eigenvalue weighted by molar-refractivity contribution is 0.344. The number of benzene rings is 1. The third-order valence-corrected chi connectivity index (χ3v) is 4.27. The van der Waals surface area contributed by atoms with E-state index < -0.39 is 0 Å². The van der Waals surface area contributed by atoms with Gasteiger partial charge in [-0.25, -0.2) is 0 Å². The van der Waals surface area contributed by atoms with Crippen LogP contribution in [-0.4, -0.2) is 17.6 Å². The maximum atomic E-state index is 4.40. The van der Waals surface area contributed by atoms with Crippen LogP contribution in [-0.2, 0) is 0 Å². The number of hydrogen-bond acceptors (Lipinski definition) is 2. The van der Waals surface area contributed by atoms with E-state index in [4.69, 9.17) is 0 Å². The first-order valence-corrected chi connectivity index (χ1v) is 7.45. The van der Waals surface area contributed by atoms with Gasteiger partial charge in [0.05, 0.1) is 5.52 Å². The first-order chi connectivity index (χ1) is 9.36. The second-order valence-electron chi connectivity index (χ2n) is 5.57. The lowest BCUT2D eigenvalue weighted by Gasteiger charge is -2.30. The Morgan fingerprint density at radius 3 is 3.11 bits per heavy atom. The quantitative estimate of drug-likeness (QED) is 0.899. The van der Waals surface area contributed by atoms with Crippen molar-refractivity contribution >= 4 is 10.9 Å². The molecule has 1 N–H and O–H groups in total. The lowest BCUT2D eigenvalue weighted by Crippen LogP contribution is -2.33. The topological polar surface area (TPSA) is 24.9 Å². The van der Waals surface area contributed by atoms with Crippen molar-refractivity contribution in [1.82, 2.24) is 10.3 Å². The Labute approximate surface area is 115 Å². The molecule has 2 heteroatoms. The van der Waals surface area contributed by atoms with Gasteiger partial charge in [0, 0.05) is 17.6 Å². The van der Waals surface area contributed by atoms with Crippen LogP contribution < -0.4 is 5.32 Å². The van der Waals surface area contributed by atoms with E-state index >= 15 is 0 Å². The van der Waals surface area contributed by atoms with Crippen LogP contribution >= 0.6 is 0 Å². The zero-order chi connectivity index (χ0) is 13.1. The van der Waals surface area contributed by atoms with E-state index in [1.807, 2.05) is 12.3 Å². The third kappa shape index (κ3) is 2.79. The fourth-order valence-electron chi connectivity index (χ4n) is 3.31. The zero-order valence-electron chi connectivity index (χ0n) is 11.6. The van der Waals surface area contributed by atoms with Gasteiger partial charge < -0.3 is 5.32 Å². The van der Waals surface area contributed by atoms with Crippen LogP contribution in [0, 0.1) is 0 Å². The molecule has 0 spiro atoms. The smallest absolute Gasteiger partial charge is 0.0702 e. The monoisotopic (exact) mass is 254 g/mol. The molecule has 3 rings (SSSR count). The van der Waals surface area contributed by atoms with Gasteiger partial charge in [0.2, 0.25) is 0 Å². The number of nitrogens with one attached hydrogen (secondary N) is 1. The van der Waals surface area contributed by atoms with Crippen molar-refractivity contribution < 1.29 is 0 Å². The molecule has 2 atom stereocenters. The predicted molar refractivity (Wildman–Crippen MR) is 80.4 cm³/mol. The summed E-state index contributed by atoms with van der Waals surface area (Å²) in [4.78, 5) is 4.40. The first kappa shape index (κ1) is 12.6. The van der Waals surface area contributed by atoms with Gasteiger partial charge in [-0.3, -0.25) is 4.98 Å². The summed E-state index contributed by atoms with van der Waals surface area (Å²) in [5.41, 5.74) is 2.59. The standard InChI is InChI=1S/C17H22N2/c1-2-18-16-7-3-5-13(12-16)14-8-9-17-15(11-14)6-4-10-19-17/h4,6,8-11,13,16,18H,2-3,5,7,12H2,1H3. The maximum absolute atomic E-state index is 4.40. The van der Waals surface area contributed by atoms with Gasteiger partial charge in [-0.15, -0.1) is 0 Å². The van der Waals surface area contributed by atoms with Gasteiger partial charge in [0.25, 0.3) is 0 Å². The van der Waals surface area contributed by atoms with Crippen molar-refractivity contribution in [2.75, 3.05) is 6.54 Å². The van der Waals surface area contributed by atoms with Crippen molar-refractivity contribution in [2.45, 2.75) is 44.6 Å². The largest absolute Gasteiger partial charge is 0.314 e. The molecule has 1 fully saturated rings. The van der Waals surface area contributed by atoms with E-state index in [-0.39, 0.29) is 0 Å². The van der Waals surface area contributed by atoms with Crippen LogP contribution in [0.3, 0.4) is 0 Å². The summed E-state index contributed by atoms with van der Waals surface area (Å²) in [5, 5.41) is 4.88. The van der Waals surface area contributed by atoms with Crippen molar-refractivity contribution in [3.8, 4) is 0 Å². The SMILES string of the molecule is CCNC1CCCC(c2ccc3ncccc3c2)C1. The second-order valence-corrected chi connectivity index (χ2v) is 5.57. The van der Waals surface area contributed by atoms with Crippen LogP contribution in [0.15, 0.2) is 36.5 Å². The Bertz CT molecular complexity index is 548. The number of fused-ring (bicyclic) bond motifs is 1. The van der Waals surface area contributed by atoms with Gasteiger partial charge in [-0.1, -0.05) is 25.5 Å². The van der Waals surface area contributed by atoms with E-state index in [9.17, 15) is 0 Å². The lowest BCUT2D eigenvalue weighted by atomic mass is 9.81. The molecule has 1 aromatic heterocycles. The molecule has 2 unspecified atom stereocenters. The maximum Gasteiger partial charge on any atom is 0.0702 e. The van der Waals surface area contributed by atoms with E-state index in [1.165, 1.54) is 36.6 Å². The van der Waals surface area contributed by atoms with Crippen LogP contribution in [0.2, 0.25) is 0 Å². The molecule has 0 saturated heterocycles. The van der Waals surface area contributed by atoms with Gasteiger partial charge in [0.15, 0.2) is 0 Å². The molecule has 1 aromatic carbocycles. The summed E-state index contributed by atoms with van der Waals surface area (Å²) < 4.78 is 0. The Hall–Kier alpha value is -1.41. The minimum absolute atomic E-state index is 0.702. The highest BCUT2D eigenvalue weighted by molar-refractivity contribution is 5.79. The molecule has 1 heterocycles. The molecule has 0 bridgehead atoms. The Morgan fingerprint density at radius 2 is 2.21 bits per heavy atom. The molecule has 100 valence electrons. The number of aromatic nitrogens is 1.